The molecular weight excluding hydrogens is 377 g/mol. The molecule has 0 saturated carbocycles. The van der Waals surface area contributed by atoms with Crippen molar-refractivity contribution in [2.45, 2.75) is 32.2 Å². The quantitative estimate of drug-likeness (QED) is 0.490. The molecule has 0 aromatic heterocycles. The van der Waals surface area contributed by atoms with Crippen molar-refractivity contribution in [1.82, 2.24) is 5.32 Å². The Balaban J connectivity index is 1.75. The van der Waals surface area contributed by atoms with Crippen LogP contribution in [-0.4, -0.2) is 36.1 Å². The third-order valence-corrected chi connectivity index (χ3v) is 4.20. The third-order valence-electron chi connectivity index (χ3n) is 4.20. The van der Waals surface area contributed by atoms with Crippen molar-refractivity contribution in [3.05, 3.63) is 71.5 Å². The predicted molar refractivity (Wildman–Crippen MR) is 104 cm³/mol. The van der Waals surface area contributed by atoms with Crippen molar-refractivity contribution < 1.29 is 28.3 Å². The van der Waals surface area contributed by atoms with Crippen LogP contribution in [0.1, 0.15) is 35.7 Å². The Kier molecular flexibility index (Phi) is 8.21. The number of Topliss-reactive ketones (excluding diaryl/α,β-unsaturated/α-hetero) is 2. The van der Waals surface area contributed by atoms with E-state index in [2.05, 4.69) is 5.32 Å². The first kappa shape index (κ1) is 21.9. The van der Waals surface area contributed by atoms with Gasteiger partial charge in [0.05, 0.1) is 12.5 Å². The second kappa shape index (κ2) is 10.8. The Labute approximate surface area is 168 Å². The van der Waals surface area contributed by atoms with Crippen LogP contribution in [0.4, 0.5) is 4.39 Å². The van der Waals surface area contributed by atoms with Gasteiger partial charge < -0.3 is 10.1 Å². The Morgan fingerprint density at radius 1 is 0.966 bits per heavy atom. The van der Waals surface area contributed by atoms with Gasteiger partial charge >= 0.3 is 5.97 Å². The highest BCUT2D eigenvalue weighted by Crippen LogP contribution is 2.08. The maximum atomic E-state index is 12.9. The summed E-state index contributed by atoms with van der Waals surface area (Å²) in [4.78, 5) is 47.5. The highest BCUT2D eigenvalue weighted by molar-refractivity contribution is 5.97. The van der Waals surface area contributed by atoms with Gasteiger partial charge in [-0.05, 0) is 43.2 Å². The fourth-order valence-corrected chi connectivity index (χ4v) is 2.60. The number of hydrogen-bond donors (Lipinski definition) is 1. The highest BCUT2D eigenvalue weighted by Gasteiger charge is 2.19. The maximum Gasteiger partial charge on any atom is 0.306 e. The number of amides is 1. The number of esters is 1. The van der Waals surface area contributed by atoms with E-state index < -0.39 is 30.3 Å². The van der Waals surface area contributed by atoms with E-state index in [4.69, 9.17) is 4.74 Å². The Bertz CT molecular complexity index is 865. The van der Waals surface area contributed by atoms with E-state index in [0.717, 1.165) is 17.7 Å². The van der Waals surface area contributed by atoms with Crippen LogP contribution in [0.5, 0.6) is 0 Å². The number of ether oxygens (including phenoxy) is 1. The van der Waals surface area contributed by atoms with Crippen molar-refractivity contribution in [2.24, 2.45) is 0 Å². The van der Waals surface area contributed by atoms with E-state index in [1.807, 2.05) is 30.3 Å². The lowest BCUT2D eigenvalue weighted by atomic mass is 10.0. The van der Waals surface area contributed by atoms with Crippen molar-refractivity contribution in [3.8, 4) is 0 Å². The van der Waals surface area contributed by atoms with E-state index in [1.54, 1.807) is 0 Å². The van der Waals surface area contributed by atoms with Crippen molar-refractivity contribution in [1.29, 1.82) is 0 Å². The van der Waals surface area contributed by atoms with Crippen molar-refractivity contribution in [2.75, 3.05) is 6.61 Å². The van der Waals surface area contributed by atoms with Gasteiger partial charge in [0.15, 0.2) is 18.2 Å². The smallest absolute Gasteiger partial charge is 0.306 e. The third kappa shape index (κ3) is 7.65. The molecule has 0 fully saturated rings. The normalized spacial score (nSPS) is 11.4. The van der Waals surface area contributed by atoms with E-state index >= 15 is 0 Å². The minimum Gasteiger partial charge on any atom is -0.456 e. The van der Waals surface area contributed by atoms with Gasteiger partial charge in [-0.15, -0.1) is 0 Å². The molecule has 0 heterocycles. The van der Waals surface area contributed by atoms with Gasteiger partial charge in [-0.3, -0.25) is 19.2 Å². The molecule has 0 aliphatic rings. The molecule has 2 rings (SSSR count). The summed E-state index contributed by atoms with van der Waals surface area (Å²) < 4.78 is 17.7. The summed E-state index contributed by atoms with van der Waals surface area (Å²) in [7, 11) is 0. The molecule has 152 valence electrons. The molecule has 2 aromatic rings. The molecule has 0 bridgehead atoms. The lowest BCUT2D eigenvalue weighted by molar-refractivity contribution is -0.148. The number of benzene rings is 2. The standard InChI is InChI=1S/C22H22FNO5/c1-15(25)19(13-16-5-3-2-4-6-16)24-21(27)14-29-22(28)12-11-20(26)17-7-9-18(23)10-8-17/h2-10,19H,11-14H2,1H3,(H,24,27)/t19-/m0/s1. The minimum absolute atomic E-state index is 0.115. The fraction of sp³-hybridized carbons (Fsp3) is 0.273. The molecule has 0 radical (unpaired) electrons. The summed E-state index contributed by atoms with van der Waals surface area (Å²) in [5, 5.41) is 2.55. The summed E-state index contributed by atoms with van der Waals surface area (Å²) in [6.07, 6.45) is 0.0157. The van der Waals surface area contributed by atoms with Gasteiger partial charge in [0.25, 0.3) is 5.91 Å². The molecule has 1 N–H and O–H groups in total. The molecule has 29 heavy (non-hydrogen) atoms. The Morgan fingerprint density at radius 3 is 2.24 bits per heavy atom. The molecule has 0 aliphatic heterocycles. The number of halogens is 1. The van der Waals surface area contributed by atoms with E-state index in [1.165, 1.54) is 19.1 Å². The highest BCUT2D eigenvalue weighted by atomic mass is 19.1. The second-order valence-electron chi connectivity index (χ2n) is 6.51. The lowest BCUT2D eigenvalue weighted by Crippen LogP contribution is -2.43. The van der Waals surface area contributed by atoms with Gasteiger partial charge in [-0.2, -0.15) is 0 Å². The van der Waals surface area contributed by atoms with Crippen LogP contribution in [-0.2, 0) is 25.5 Å². The SMILES string of the molecule is CC(=O)[C@H](Cc1ccccc1)NC(=O)COC(=O)CCC(=O)c1ccc(F)cc1. The first-order chi connectivity index (χ1) is 13.8. The van der Waals surface area contributed by atoms with Crippen LogP contribution < -0.4 is 5.32 Å². The first-order valence-corrected chi connectivity index (χ1v) is 9.13. The lowest BCUT2D eigenvalue weighted by Gasteiger charge is -2.16. The average molecular weight is 399 g/mol. The summed E-state index contributed by atoms with van der Waals surface area (Å²) in [5.41, 5.74) is 1.19. The molecule has 0 unspecified atom stereocenters. The number of hydrogen-bond acceptors (Lipinski definition) is 5. The number of carbonyl (C=O) groups is 4. The zero-order chi connectivity index (χ0) is 21.2. The summed E-state index contributed by atoms with van der Waals surface area (Å²) in [6.45, 7) is 0.836. The zero-order valence-electron chi connectivity index (χ0n) is 16.0. The molecule has 7 heteroatoms. The second-order valence-corrected chi connectivity index (χ2v) is 6.51. The molecule has 1 amide bonds. The molecule has 0 spiro atoms. The van der Waals surface area contributed by atoms with E-state index in [-0.39, 0.29) is 24.4 Å². The van der Waals surface area contributed by atoms with Gasteiger partial charge in [0.1, 0.15) is 5.82 Å². The van der Waals surface area contributed by atoms with Crippen LogP contribution >= 0.6 is 0 Å². The van der Waals surface area contributed by atoms with Gasteiger partial charge in [-0.25, -0.2) is 4.39 Å². The molecule has 0 saturated heterocycles. The van der Waals surface area contributed by atoms with Crippen LogP contribution in [0.2, 0.25) is 0 Å². The van der Waals surface area contributed by atoms with E-state index in [0.29, 0.717) is 12.0 Å². The van der Waals surface area contributed by atoms with Gasteiger partial charge in [0.2, 0.25) is 0 Å². The topological polar surface area (TPSA) is 89.5 Å². The Morgan fingerprint density at radius 2 is 1.62 bits per heavy atom. The summed E-state index contributed by atoms with van der Waals surface area (Å²) in [5.74, 6) is -2.30. The number of carbonyl (C=O) groups excluding carboxylic acids is 4. The predicted octanol–water partition coefficient (Wildman–Crippen LogP) is 2.65. The number of rotatable bonds is 10. The van der Waals surface area contributed by atoms with Crippen LogP contribution in [0, 0.1) is 5.82 Å². The van der Waals surface area contributed by atoms with Gasteiger partial charge in [-0.1, -0.05) is 30.3 Å². The molecule has 2 aromatic carbocycles. The van der Waals surface area contributed by atoms with Crippen LogP contribution in [0.25, 0.3) is 0 Å². The first-order valence-electron chi connectivity index (χ1n) is 9.13. The zero-order valence-corrected chi connectivity index (χ0v) is 16.0. The largest absolute Gasteiger partial charge is 0.456 e. The van der Waals surface area contributed by atoms with Crippen LogP contribution in [0.15, 0.2) is 54.6 Å². The Hall–Kier alpha value is -3.35. The monoisotopic (exact) mass is 399 g/mol. The minimum atomic E-state index is -0.719. The van der Waals surface area contributed by atoms with Crippen LogP contribution in [0.3, 0.4) is 0 Å². The van der Waals surface area contributed by atoms with E-state index in [9.17, 15) is 23.6 Å². The molecule has 0 aliphatic carbocycles. The number of ketones is 2. The summed E-state index contributed by atoms with van der Waals surface area (Å²) in [6, 6.07) is 13.5. The summed E-state index contributed by atoms with van der Waals surface area (Å²) >= 11 is 0. The molecular formula is C22H22FNO5. The van der Waals surface area contributed by atoms with Crippen molar-refractivity contribution >= 4 is 23.4 Å². The molecule has 1 atom stereocenters. The van der Waals surface area contributed by atoms with Crippen molar-refractivity contribution in [3.63, 3.8) is 0 Å². The number of nitrogens with one attached hydrogen (secondary N) is 1. The van der Waals surface area contributed by atoms with Gasteiger partial charge in [0, 0.05) is 12.0 Å². The fourth-order valence-electron chi connectivity index (χ4n) is 2.60. The average Bonchev–Trinajstić information content (AvgIpc) is 2.71. The molecule has 6 nitrogen and oxygen atoms in total. The maximum absolute atomic E-state index is 12.9.